The lowest BCUT2D eigenvalue weighted by molar-refractivity contribution is 0.516. The van der Waals surface area contributed by atoms with E-state index in [1.807, 2.05) is 0 Å². The van der Waals surface area contributed by atoms with Gasteiger partial charge in [-0.05, 0) is 30.7 Å². The van der Waals surface area contributed by atoms with Crippen LogP contribution >= 0.6 is 11.8 Å². The SMILES string of the molecule is CCCCC(CSc1ccc(F)cc1)NN. The monoisotopic (exact) mass is 242 g/mol. The molecule has 16 heavy (non-hydrogen) atoms. The van der Waals surface area contributed by atoms with Gasteiger partial charge in [-0.25, -0.2) is 4.39 Å². The quantitative estimate of drug-likeness (QED) is 0.438. The van der Waals surface area contributed by atoms with Crippen LogP contribution in [0.1, 0.15) is 26.2 Å². The predicted octanol–water partition coefficient (Wildman–Crippen LogP) is 2.94. The molecule has 0 spiro atoms. The minimum atomic E-state index is -0.191. The van der Waals surface area contributed by atoms with Crippen LogP contribution in [0.4, 0.5) is 4.39 Å². The molecule has 0 bridgehead atoms. The van der Waals surface area contributed by atoms with Crippen LogP contribution in [0, 0.1) is 5.82 Å². The molecule has 0 saturated heterocycles. The molecule has 0 radical (unpaired) electrons. The fraction of sp³-hybridized carbons (Fsp3) is 0.500. The zero-order chi connectivity index (χ0) is 11.8. The molecule has 3 N–H and O–H groups in total. The minimum absolute atomic E-state index is 0.191. The first kappa shape index (κ1) is 13.5. The van der Waals surface area contributed by atoms with Gasteiger partial charge in [0, 0.05) is 16.7 Å². The van der Waals surface area contributed by atoms with Crippen molar-refractivity contribution in [3.05, 3.63) is 30.1 Å². The summed E-state index contributed by atoms with van der Waals surface area (Å²) in [6.07, 6.45) is 3.44. The number of nitrogens with two attached hydrogens (primary N) is 1. The second-order valence-corrected chi connectivity index (χ2v) is 4.86. The topological polar surface area (TPSA) is 38.0 Å². The van der Waals surface area contributed by atoms with Gasteiger partial charge >= 0.3 is 0 Å². The van der Waals surface area contributed by atoms with Gasteiger partial charge in [0.2, 0.25) is 0 Å². The Morgan fingerprint density at radius 1 is 1.38 bits per heavy atom. The first-order valence-corrected chi connectivity index (χ1v) is 6.59. The normalized spacial score (nSPS) is 12.7. The molecule has 0 aliphatic heterocycles. The summed E-state index contributed by atoms with van der Waals surface area (Å²) in [6, 6.07) is 6.90. The number of unbranched alkanes of at least 4 members (excludes halogenated alkanes) is 1. The summed E-state index contributed by atoms with van der Waals surface area (Å²) in [4.78, 5) is 1.08. The molecule has 0 aliphatic carbocycles. The van der Waals surface area contributed by atoms with Crippen molar-refractivity contribution in [2.24, 2.45) is 5.84 Å². The molecular formula is C12H19FN2S. The van der Waals surface area contributed by atoms with E-state index in [4.69, 9.17) is 5.84 Å². The van der Waals surface area contributed by atoms with Gasteiger partial charge in [-0.15, -0.1) is 11.8 Å². The smallest absolute Gasteiger partial charge is 0.123 e. The van der Waals surface area contributed by atoms with Crippen molar-refractivity contribution in [1.82, 2.24) is 5.43 Å². The van der Waals surface area contributed by atoms with Gasteiger partial charge in [-0.2, -0.15) is 0 Å². The maximum absolute atomic E-state index is 12.7. The molecule has 1 aromatic rings. The van der Waals surface area contributed by atoms with Crippen molar-refractivity contribution >= 4 is 11.8 Å². The highest BCUT2D eigenvalue weighted by molar-refractivity contribution is 7.99. The minimum Gasteiger partial charge on any atom is -0.271 e. The van der Waals surface area contributed by atoms with Gasteiger partial charge in [0.05, 0.1) is 0 Å². The summed E-state index contributed by atoms with van der Waals surface area (Å²) in [5.74, 6) is 6.21. The zero-order valence-electron chi connectivity index (χ0n) is 9.58. The van der Waals surface area contributed by atoms with Crippen LogP contribution in [0.5, 0.6) is 0 Å². The fourth-order valence-electron chi connectivity index (χ4n) is 1.39. The van der Waals surface area contributed by atoms with Gasteiger partial charge in [0.1, 0.15) is 5.82 Å². The molecule has 4 heteroatoms. The standard InChI is InChI=1S/C12H19FN2S/c1-2-3-4-11(15-14)9-16-12-7-5-10(13)6-8-12/h5-8,11,15H,2-4,9,14H2,1H3. The Morgan fingerprint density at radius 3 is 2.62 bits per heavy atom. The second kappa shape index (κ2) is 7.65. The van der Waals surface area contributed by atoms with Crippen molar-refractivity contribution in [3.63, 3.8) is 0 Å². The molecule has 1 aromatic carbocycles. The van der Waals surface area contributed by atoms with E-state index in [2.05, 4.69) is 12.3 Å². The highest BCUT2D eigenvalue weighted by Gasteiger charge is 2.06. The van der Waals surface area contributed by atoms with Crippen LogP contribution in [0.25, 0.3) is 0 Å². The van der Waals surface area contributed by atoms with Gasteiger partial charge in [0.25, 0.3) is 0 Å². The van der Waals surface area contributed by atoms with Crippen LogP contribution < -0.4 is 11.3 Å². The van der Waals surface area contributed by atoms with E-state index in [9.17, 15) is 4.39 Å². The average molecular weight is 242 g/mol. The Balaban J connectivity index is 2.34. The number of hydrogen-bond acceptors (Lipinski definition) is 3. The molecule has 90 valence electrons. The van der Waals surface area contributed by atoms with Crippen molar-refractivity contribution in [2.75, 3.05) is 5.75 Å². The Hall–Kier alpha value is -0.580. The number of nitrogens with one attached hydrogen (secondary N) is 1. The van der Waals surface area contributed by atoms with Gasteiger partial charge in [-0.1, -0.05) is 19.8 Å². The average Bonchev–Trinajstić information content (AvgIpc) is 2.32. The molecule has 0 amide bonds. The molecule has 0 fully saturated rings. The van der Waals surface area contributed by atoms with Gasteiger partial charge in [-0.3, -0.25) is 11.3 Å². The van der Waals surface area contributed by atoms with E-state index in [-0.39, 0.29) is 5.82 Å². The van der Waals surface area contributed by atoms with Crippen molar-refractivity contribution in [2.45, 2.75) is 37.1 Å². The zero-order valence-corrected chi connectivity index (χ0v) is 10.4. The van der Waals surface area contributed by atoms with Crippen molar-refractivity contribution in [1.29, 1.82) is 0 Å². The van der Waals surface area contributed by atoms with E-state index in [0.29, 0.717) is 6.04 Å². The van der Waals surface area contributed by atoms with E-state index in [1.165, 1.54) is 25.0 Å². The number of hydrogen-bond donors (Lipinski definition) is 2. The fourth-order valence-corrected chi connectivity index (χ4v) is 2.38. The lowest BCUT2D eigenvalue weighted by Crippen LogP contribution is -2.36. The Kier molecular flexibility index (Phi) is 6.45. The molecule has 0 saturated carbocycles. The summed E-state index contributed by atoms with van der Waals surface area (Å²) >= 11 is 1.70. The molecule has 0 aromatic heterocycles. The number of benzene rings is 1. The predicted molar refractivity (Wildman–Crippen MR) is 67.8 cm³/mol. The number of thioether (sulfide) groups is 1. The molecule has 0 aliphatic rings. The maximum Gasteiger partial charge on any atom is 0.123 e. The van der Waals surface area contributed by atoms with E-state index in [0.717, 1.165) is 17.1 Å². The maximum atomic E-state index is 12.7. The van der Waals surface area contributed by atoms with E-state index in [1.54, 1.807) is 23.9 Å². The van der Waals surface area contributed by atoms with Crippen molar-refractivity contribution in [3.8, 4) is 0 Å². The van der Waals surface area contributed by atoms with Crippen LogP contribution in [0.15, 0.2) is 29.2 Å². The number of halogens is 1. The highest BCUT2D eigenvalue weighted by Crippen LogP contribution is 2.20. The first-order chi connectivity index (χ1) is 7.76. The molecule has 1 rings (SSSR count). The third-order valence-corrected chi connectivity index (χ3v) is 3.58. The second-order valence-electron chi connectivity index (χ2n) is 3.77. The molecule has 1 atom stereocenters. The Morgan fingerprint density at radius 2 is 2.06 bits per heavy atom. The molecule has 1 unspecified atom stereocenters. The number of hydrazine groups is 1. The summed E-state index contributed by atoms with van der Waals surface area (Å²) in [7, 11) is 0. The van der Waals surface area contributed by atoms with E-state index < -0.39 is 0 Å². The van der Waals surface area contributed by atoms with Crippen LogP contribution in [-0.2, 0) is 0 Å². The lowest BCUT2D eigenvalue weighted by atomic mass is 10.1. The largest absolute Gasteiger partial charge is 0.271 e. The summed E-state index contributed by atoms with van der Waals surface area (Å²) in [5.41, 5.74) is 2.82. The molecule has 0 heterocycles. The van der Waals surface area contributed by atoms with Crippen molar-refractivity contribution < 1.29 is 4.39 Å². The molecular weight excluding hydrogens is 223 g/mol. The summed E-state index contributed by atoms with van der Waals surface area (Å²) < 4.78 is 12.7. The lowest BCUT2D eigenvalue weighted by Gasteiger charge is -2.14. The summed E-state index contributed by atoms with van der Waals surface area (Å²) in [6.45, 7) is 2.17. The first-order valence-electron chi connectivity index (χ1n) is 5.60. The van der Waals surface area contributed by atoms with Crippen LogP contribution in [-0.4, -0.2) is 11.8 Å². The Bertz CT molecular complexity index is 290. The van der Waals surface area contributed by atoms with Crippen LogP contribution in [0.2, 0.25) is 0 Å². The van der Waals surface area contributed by atoms with Gasteiger partial charge in [0.15, 0.2) is 0 Å². The number of rotatable bonds is 7. The molecule has 2 nitrogen and oxygen atoms in total. The van der Waals surface area contributed by atoms with Gasteiger partial charge < -0.3 is 0 Å². The highest BCUT2D eigenvalue weighted by atomic mass is 32.2. The summed E-state index contributed by atoms with van der Waals surface area (Å²) in [5, 5.41) is 0. The van der Waals surface area contributed by atoms with Crippen LogP contribution in [0.3, 0.4) is 0 Å². The third-order valence-electron chi connectivity index (χ3n) is 2.41. The Labute approximate surface area is 101 Å². The van der Waals surface area contributed by atoms with E-state index >= 15 is 0 Å². The third kappa shape index (κ3) is 4.96.